The van der Waals surface area contributed by atoms with E-state index in [4.69, 9.17) is 0 Å². The highest BCUT2D eigenvalue weighted by atomic mass is 32.1. The Balaban J connectivity index is 1.96. The molecule has 1 aliphatic rings. The lowest BCUT2D eigenvalue weighted by Gasteiger charge is -2.37. The maximum atomic E-state index is 12.8. The molecule has 5 nitrogen and oxygen atoms in total. The number of nitrogens with zero attached hydrogens (tertiary/aromatic N) is 3. The van der Waals surface area contributed by atoms with Crippen LogP contribution in [-0.2, 0) is 11.2 Å². The Morgan fingerprint density at radius 3 is 2.88 bits per heavy atom. The number of thiophene rings is 1. The van der Waals surface area contributed by atoms with Crippen LogP contribution in [0.5, 0.6) is 0 Å². The lowest BCUT2D eigenvalue weighted by Crippen LogP contribution is -2.54. The standard InChI is InChI=1S/C18H26N4OS/c1-5-12-10-13-15(19-11-20-17(13)24-12)22-9-7-6-8-14(22)16(23)21-18(2,3)4/h10-11,14H,5-9H2,1-4H3,(H,21,23)/t14-/m0/s1. The summed E-state index contributed by atoms with van der Waals surface area (Å²) < 4.78 is 0. The van der Waals surface area contributed by atoms with Crippen LogP contribution in [0.4, 0.5) is 5.82 Å². The molecule has 2 aromatic heterocycles. The minimum atomic E-state index is -0.223. The third kappa shape index (κ3) is 3.53. The highest BCUT2D eigenvalue weighted by Gasteiger charge is 2.32. The number of piperidine rings is 1. The molecule has 0 unspecified atom stereocenters. The van der Waals surface area contributed by atoms with Crippen molar-refractivity contribution in [2.45, 2.75) is 65.0 Å². The van der Waals surface area contributed by atoms with Crippen molar-refractivity contribution in [2.75, 3.05) is 11.4 Å². The van der Waals surface area contributed by atoms with E-state index in [0.29, 0.717) is 0 Å². The fourth-order valence-corrected chi connectivity index (χ4v) is 4.14. The first-order chi connectivity index (χ1) is 11.4. The summed E-state index contributed by atoms with van der Waals surface area (Å²) in [5, 5.41) is 4.21. The first kappa shape index (κ1) is 17.1. The number of aromatic nitrogens is 2. The number of aryl methyl sites for hydroxylation is 1. The van der Waals surface area contributed by atoms with Crippen LogP contribution in [0.1, 0.15) is 51.8 Å². The average Bonchev–Trinajstić information content (AvgIpc) is 2.96. The number of hydrogen-bond acceptors (Lipinski definition) is 5. The molecule has 0 saturated carbocycles. The van der Waals surface area contributed by atoms with Gasteiger partial charge in [-0.25, -0.2) is 9.97 Å². The molecule has 0 spiro atoms. The van der Waals surface area contributed by atoms with E-state index < -0.39 is 0 Å². The van der Waals surface area contributed by atoms with Gasteiger partial charge < -0.3 is 10.2 Å². The normalized spacial score (nSPS) is 18.8. The average molecular weight is 347 g/mol. The topological polar surface area (TPSA) is 58.1 Å². The van der Waals surface area contributed by atoms with Gasteiger partial charge in [0.15, 0.2) is 0 Å². The van der Waals surface area contributed by atoms with Crippen molar-refractivity contribution >= 4 is 33.3 Å². The molecule has 130 valence electrons. The van der Waals surface area contributed by atoms with E-state index in [9.17, 15) is 4.79 Å². The maximum Gasteiger partial charge on any atom is 0.243 e. The van der Waals surface area contributed by atoms with Crippen LogP contribution in [0.3, 0.4) is 0 Å². The van der Waals surface area contributed by atoms with E-state index in [-0.39, 0.29) is 17.5 Å². The quantitative estimate of drug-likeness (QED) is 0.924. The van der Waals surface area contributed by atoms with Gasteiger partial charge in [0.05, 0.1) is 5.39 Å². The van der Waals surface area contributed by atoms with Crippen molar-refractivity contribution in [2.24, 2.45) is 0 Å². The molecule has 1 atom stereocenters. The number of carbonyl (C=O) groups excluding carboxylic acids is 1. The number of fused-ring (bicyclic) bond motifs is 1. The van der Waals surface area contributed by atoms with Gasteiger partial charge in [-0.3, -0.25) is 4.79 Å². The van der Waals surface area contributed by atoms with Gasteiger partial charge in [0.2, 0.25) is 5.91 Å². The number of anilines is 1. The highest BCUT2D eigenvalue weighted by Crippen LogP contribution is 2.33. The van der Waals surface area contributed by atoms with Crippen LogP contribution in [0, 0.1) is 0 Å². The van der Waals surface area contributed by atoms with Crippen molar-refractivity contribution in [3.63, 3.8) is 0 Å². The molecule has 1 amide bonds. The summed E-state index contributed by atoms with van der Waals surface area (Å²) in [6, 6.07) is 2.03. The van der Waals surface area contributed by atoms with Gasteiger partial charge in [0, 0.05) is 17.0 Å². The number of amides is 1. The SMILES string of the molecule is CCc1cc2c(N3CCCC[C@H]3C(=O)NC(C)(C)C)ncnc2s1. The summed E-state index contributed by atoms with van der Waals surface area (Å²) in [7, 11) is 0. The van der Waals surface area contributed by atoms with Crippen molar-refractivity contribution in [3.05, 3.63) is 17.3 Å². The molecule has 1 N–H and O–H groups in total. The van der Waals surface area contributed by atoms with Crippen LogP contribution >= 0.6 is 11.3 Å². The van der Waals surface area contributed by atoms with E-state index >= 15 is 0 Å². The Morgan fingerprint density at radius 2 is 2.17 bits per heavy atom. The largest absolute Gasteiger partial charge is 0.350 e. The molecule has 2 aromatic rings. The van der Waals surface area contributed by atoms with Crippen LogP contribution in [0.15, 0.2) is 12.4 Å². The molecule has 1 fully saturated rings. The number of hydrogen-bond donors (Lipinski definition) is 1. The van der Waals surface area contributed by atoms with E-state index in [1.165, 1.54) is 4.88 Å². The molecule has 0 radical (unpaired) electrons. The minimum absolute atomic E-state index is 0.0971. The van der Waals surface area contributed by atoms with Gasteiger partial charge in [-0.1, -0.05) is 6.92 Å². The lowest BCUT2D eigenvalue weighted by atomic mass is 9.99. The maximum absolute atomic E-state index is 12.8. The van der Waals surface area contributed by atoms with E-state index in [1.54, 1.807) is 17.7 Å². The summed E-state index contributed by atoms with van der Waals surface area (Å²) in [4.78, 5) is 26.3. The second-order valence-corrected chi connectivity index (χ2v) is 8.54. The first-order valence-electron chi connectivity index (χ1n) is 8.71. The minimum Gasteiger partial charge on any atom is -0.350 e. The third-order valence-corrected chi connectivity index (χ3v) is 5.47. The first-order valence-corrected chi connectivity index (χ1v) is 9.53. The highest BCUT2D eigenvalue weighted by molar-refractivity contribution is 7.18. The fourth-order valence-electron chi connectivity index (χ4n) is 3.21. The van der Waals surface area contributed by atoms with Crippen molar-refractivity contribution in [3.8, 4) is 0 Å². The zero-order valence-corrected chi connectivity index (χ0v) is 15.7. The molecule has 1 aliphatic heterocycles. The van der Waals surface area contributed by atoms with Crippen LogP contribution in [0.2, 0.25) is 0 Å². The van der Waals surface area contributed by atoms with Crippen LogP contribution in [-0.4, -0.2) is 34.0 Å². The fraction of sp³-hybridized carbons (Fsp3) is 0.611. The van der Waals surface area contributed by atoms with Crippen LogP contribution in [0.25, 0.3) is 10.2 Å². The zero-order chi connectivity index (χ0) is 17.3. The Kier molecular flexibility index (Phi) is 4.76. The number of nitrogens with one attached hydrogen (secondary N) is 1. The molecule has 1 saturated heterocycles. The summed E-state index contributed by atoms with van der Waals surface area (Å²) in [5.74, 6) is 1.00. The molecule has 0 aliphatic carbocycles. The Morgan fingerprint density at radius 1 is 1.38 bits per heavy atom. The van der Waals surface area contributed by atoms with Gasteiger partial charge >= 0.3 is 0 Å². The summed E-state index contributed by atoms with van der Waals surface area (Å²) in [6.45, 7) is 9.08. The van der Waals surface area contributed by atoms with Gasteiger partial charge in [-0.15, -0.1) is 11.3 Å². The Labute approximate surface area is 147 Å². The molecule has 0 bridgehead atoms. The van der Waals surface area contributed by atoms with Gasteiger partial charge in [0.1, 0.15) is 23.0 Å². The monoisotopic (exact) mass is 346 g/mol. The van der Waals surface area contributed by atoms with E-state index in [2.05, 4.69) is 33.2 Å². The van der Waals surface area contributed by atoms with Gasteiger partial charge in [-0.05, 0) is 52.5 Å². The van der Waals surface area contributed by atoms with Gasteiger partial charge in [-0.2, -0.15) is 0 Å². The molecule has 6 heteroatoms. The van der Waals surface area contributed by atoms with Crippen molar-refractivity contribution in [1.82, 2.24) is 15.3 Å². The molecule has 3 rings (SSSR count). The third-order valence-electron chi connectivity index (χ3n) is 4.28. The smallest absolute Gasteiger partial charge is 0.243 e. The number of rotatable bonds is 3. The summed E-state index contributed by atoms with van der Waals surface area (Å²) >= 11 is 1.72. The molecule has 24 heavy (non-hydrogen) atoms. The number of carbonyl (C=O) groups is 1. The second kappa shape index (κ2) is 6.67. The van der Waals surface area contributed by atoms with E-state index in [1.807, 2.05) is 20.8 Å². The van der Waals surface area contributed by atoms with Gasteiger partial charge in [0.25, 0.3) is 0 Å². The predicted octanol–water partition coefficient (Wildman–Crippen LogP) is 3.53. The molecule has 3 heterocycles. The molecular formula is C18H26N4OS. The predicted molar refractivity (Wildman–Crippen MR) is 99.7 cm³/mol. The summed E-state index contributed by atoms with van der Waals surface area (Å²) in [6.07, 6.45) is 5.67. The molecule has 0 aromatic carbocycles. The van der Waals surface area contributed by atoms with Crippen molar-refractivity contribution in [1.29, 1.82) is 0 Å². The Hall–Kier alpha value is -1.69. The molecular weight excluding hydrogens is 320 g/mol. The zero-order valence-electron chi connectivity index (χ0n) is 14.9. The second-order valence-electron chi connectivity index (χ2n) is 7.43. The lowest BCUT2D eigenvalue weighted by molar-refractivity contribution is -0.124. The van der Waals surface area contributed by atoms with Crippen molar-refractivity contribution < 1.29 is 4.79 Å². The Bertz CT molecular complexity index is 734. The van der Waals surface area contributed by atoms with Crippen LogP contribution < -0.4 is 10.2 Å². The summed E-state index contributed by atoms with van der Waals surface area (Å²) in [5.41, 5.74) is -0.223. The van der Waals surface area contributed by atoms with E-state index in [0.717, 1.165) is 48.3 Å².